The van der Waals surface area contributed by atoms with Gasteiger partial charge in [-0.25, -0.2) is 0 Å². The molecule has 0 saturated carbocycles. The molecule has 0 aromatic carbocycles. The van der Waals surface area contributed by atoms with Crippen LogP contribution >= 0.6 is 0 Å². The summed E-state index contributed by atoms with van der Waals surface area (Å²) in [7, 11) is 0. The van der Waals surface area contributed by atoms with Crippen LogP contribution in [0.4, 0.5) is 13.2 Å². The monoisotopic (exact) mass is 340 g/mol. The lowest BCUT2D eigenvalue weighted by Crippen LogP contribution is -2.47. The number of amides is 1. The van der Waals surface area contributed by atoms with E-state index in [0.29, 0.717) is 24.9 Å². The molecule has 1 aliphatic heterocycles. The normalized spacial score (nSPS) is 22.7. The number of likely N-dealkylation sites (tertiary alicyclic amines) is 1. The second-order valence-corrected chi connectivity index (χ2v) is 6.41. The summed E-state index contributed by atoms with van der Waals surface area (Å²) < 4.78 is 40.6. The van der Waals surface area contributed by atoms with Crippen molar-refractivity contribution in [3.63, 3.8) is 0 Å². The highest BCUT2D eigenvalue weighted by molar-refractivity contribution is 5.78. The predicted molar refractivity (Wildman–Crippen MR) is 79.9 cm³/mol. The van der Waals surface area contributed by atoms with Gasteiger partial charge >= 0.3 is 6.18 Å². The van der Waals surface area contributed by atoms with Crippen LogP contribution in [0.3, 0.4) is 0 Å². The highest BCUT2D eigenvalue weighted by Gasteiger charge is 2.28. The lowest BCUT2D eigenvalue weighted by Gasteiger charge is -2.36. The number of aliphatic hydroxyl groups excluding tert-OH is 1. The summed E-state index contributed by atoms with van der Waals surface area (Å²) >= 11 is 0. The van der Waals surface area contributed by atoms with Gasteiger partial charge in [-0.3, -0.25) is 9.69 Å². The summed E-state index contributed by atoms with van der Waals surface area (Å²) in [6.45, 7) is 4.56. The number of hydrogen-bond donors (Lipinski definition) is 1. The molecule has 0 aromatic heterocycles. The molecule has 1 heterocycles. The topological polar surface area (TPSA) is 53.0 Å². The van der Waals surface area contributed by atoms with Gasteiger partial charge in [0.15, 0.2) is 0 Å². The number of carbonyl (C=O) groups excluding carboxylic acids is 1. The van der Waals surface area contributed by atoms with E-state index in [1.54, 1.807) is 9.80 Å². The summed E-state index contributed by atoms with van der Waals surface area (Å²) in [4.78, 5) is 15.8. The summed E-state index contributed by atoms with van der Waals surface area (Å²) in [6.07, 6.45) is -3.26. The van der Waals surface area contributed by atoms with Crippen molar-refractivity contribution in [2.24, 2.45) is 11.8 Å². The Hall–Kier alpha value is -0.860. The van der Waals surface area contributed by atoms with Crippen LogP contribution in [0.1, 0.15) is 20.3 Å². The first-order valence-electron chi connectivity index (χ1n) is 7.96. The average molecular weight is 340 g/mol. The zero-order chi connectivity index (χ0) is 17.5. The van der Waals surface area contributed by atoms with E-state index in [2.05, 4.69) is 18.6 Å². The van der Waals surface area contributed by atoms with Crippen molar-refractivity contribution in [3.8, 4) is 0 Å². The summed E-state index contributed by atoms with van der Waals surface area (Å²) in [5, 5.41) is 9.04. The molecule has 1 fully saturated rings. The minimum atomic E-state index is -4.35. The molecule has 0 spiro atoms. The van der Waals surface area contributed by atoms with E-state index in [1.165, 1.54) is 0 Å². The Morgan fingerprint density at radius 3 is 2.39 bits per heavy atom. The number of halogens is 3. The standard InChI is InChI=1S/C15H27F3N2O3/c1-12-7-13(2)9-20(8-12)14(22)10-19(3-5-21)4-6-23-11-15(16,17)18/h12-13,21H,3-11H2,1-2H3. The number of rotatable bonds is 8. The Morgan fingerprint density at radius 1 is 1.26 bits per heavy atom. The maximum absolute atomic E-state index is 12.3. The van der Waals surface area contributed by atoms with Crippen LogP contribution < -0.4 is 0 Å². The zero-order valence-electron chi connectivity index (χ0n) is 13.8. The molecule has 2 atom stereocenters. The molecule has 1 amide bonds. The smallest absolute Gasteiger partial charge is 0.395 e. The van der Waals surface area contributed by atoms with Gasteiger partial charge < -0.3 is 14.7 Å². The van der Waals surface area contributed by atoms with E-state index in [1.807, 2.05) is 0 Å². The van der Waals surface area contributed by atoms with Crippen LogP contribution in [0, 0.1) is 11.8 Å². The van der Waals surface area contributed by atoms with E-state index < -0.39 is 12.8 Å². The van der Waals surface area contributed by atoms with E-state index in [-0.39, 0.29) is 38.8 Å². The first-order chi connectivity index (χ1) is 10.7. The van der Waals surface area contributed by atoms with E-state index >= 15 is 0 Å². The van der Waals surface area contributed by atoms with Gasteiger partial charge in [0.05, 0.1) is 19.8 Å². The van der Waals surface area contributed by atoms with Crippen LogP contribution in [-0.2, 0) is 9.53 Å². The van der Waals surface area contributed by atoms with Gasteiger partial charge in [-0.05, 0) is 18.3 Å². The van der Waals surface area contributed by atoms with Crippen LogP contribution in [-0.4, -0.2) is 79.5 Å². The lowest BCUT2D eigenvalue weighted by atomic mass is 9.92. The maximum atomic E-state index is 12.3. The number of ether oxygens (including phenoxy) is 1. The largest absolute Gasteiger partial charge is 0.411 e. The number of hydrogen-bond acceptors (Lipinski definition) is 4. The molecule has 0 bridgehead atoms. The maximum Gasteiger partial charge on any atom is 0.411 e. The first kappa shape index (κ1) is 20.2. The number of carbonyl (C=O) groups is 1. The fourth-order valence-electron chi connectivity index (χ4n) is 2.95. The van der Waals surface area contributed by atoms with Gasteiger partial charge in [0.25, 0.3) is 0 Å². The Kier molecular flexibility index (Phi) is 8.28. The Labute approximate surface area is 135 Å². The molecule has 136 valence electrons. The number of alkyl halides is 3. The van der Waals surface area contributed by atoms with Gasteiger partial charge in [0, 0.05) is 26.2 Å². The zero-order valence-corrected chi connectivity index (χ0v) is 13.8. The third-order valence-electron chi connectivity index (χ3n) is 3.81. The Balaban J connectivity index is 2.40. The second kappa shape index (κ2) is 9.44. The van der Waals surface area contributed by atoms with Gasteiger partial charge in [-0.1, -0.05) is 13.8 Å². The molecule has 0 aromatic rings. The Bertz CT molecular complexity index is 356. The first-order valence-corrected chi connectivity index (χ1v) is 7.96. The van der Waals surface area contributed by atoms with Crippen molar-refractivity contribution in [3.05, 3.63) is 0 Å². The molecule has 23 heavy (non-hydrogen) atoms. The third-order valence-corrected chi connectivity index (χ3v) is 3.81. The van der Waals surface area contributed by atoms with Gasteiger partial charge in [0.1, 0.15) is 6.61 Å². The molecule has 1 aliphatic rings. The predicted octanol–water partition coefficient (Wildman–Crippen LogP) is 1.36. The quantitative estimate of drug-likeness (QED) is 0.678. The van der Waals surface area contributed by atoms with E-state index in [4.69, 9.17) is 5.11 Å². The molecule has 0 aliphatic carbocycles. The summed E-state index contributed by atoms with van der Waals surface area (Å²) in [6, 6.07) is 0. The van der Waals surface area contributed by atoms with Crippen molar-refractivity contribution in [1.29, 1.82) is 0 Å². The number of aliphatic hydroxyl groups is 1. The van der Waals surface area contributed by atoms with Crippen molar-refractivity contribution in [2.45, 2.75) is 26.4 Å². The average Bonchev–Trinajstić information content (AvgIpc) is 2.41. The fourth-order valence-corrected chi connectivity index (χ4v) is 2.95. The van der Waals surface area contributed by atoms with Crippen molar-refractivity contribution >= 4 is 5.91 Å². The van der Waals surface area contributed by atoms with Crippen LogP contribution in [0.15, 0.2) is 0 Å². The minimum absolute atomic E-state index is 0.0485. The van der Waals surface area contributed by atoms with Crippen LogP contribution in [0.25, 0.3) is 0 Å². The molecule has 1 N–H and O–H groups in total. The highest BCUT2D eigenvalue weighted by atomic mass is 19.4. The van der Waals surface area contributed by atoms with Crippen LogP contribution in [0.5, 0.6) is 0 Å². The van der Waals surface area contributed by atoms with Crippen molar-refractivity contribution in [1.82, 2.24) is 9.80 Å². The molecular formula is C15H27F3N2O3. The molecule has 8 heteroatoms. The molecule has 2 unspecified atom stereocenters. The molecule has 1 rings (SSSR count). The minimum Gasteiger partial charge on any atom is -0.395 e. The highest BCUT2D eigenvalue weighted by Crippen LogP contribution is 2.21. The SMILES string of the molecule is CC1CC(C)CN(C(=O)CN(CCO)CCOCC(F)(F)F)C1. The molecule has 0 radical (unpaired) electrons. The number of piperidine rings is 1. The van der Waals surface area contributed by atoms with Crippen molar-refractivity contribution in [2.75, 3.05) is 52.5 Å². The number of nitrogens with zero attached hydrogens (tertiary/aromatic N) is 2. The third kappa shape index (κ3) is 8.53. The summed E-state index contributed by atoms with van der Waals surface area (Å²) in [5.74, 6) is 0.848. The van der Waals surface area contributed by atoms with E-state index in [0.717, 1.165) is 6.42 Å². The van der Waals surface area contributed by atoms with Crippen LogP contribution in [0.2, 0.25) is 0 Å². The van der Waals surface area contributed by atoms with Crippen molar-refractivity contribution < 1.29 is 27.8 Å². The fraction of sp³-hybridized carbons (Fsp3) is 0.933. The van der Waals surface area contributed by atoms with Gasteiger partial charge in [-0.15, -0.1) is 0 Å². The van der Waals surface area contributed by atoms with Gasteiger partial charge in [0.2, 0.25) is 5.91 Å². The summed E-state index contributed by atoms with van der Waals surface area (Å²) in [5.41, 5.74) is 0. The van der Waals surface area contributed by atoms with Gasteiger partial charge in [-0.2, -0.15) is 13.2 Å². The van der Waals surface area contributed by atoms with E-state index in [9.17, 15) is 18.0 Å². The second-order valence-electron chi connectivity index (χ2n) is 6.41. The molecule has 1 saturated heterocycles. The lowest BCUT2D eigenvalue weighted by molar-refractivity contribution is -0.174. The molecular weight excluding hydrogens is 313 g/mol. The Morgan fingerprint density at radius 2 is 1.87 bits per heavy atom. The molecule has 5 nitrogen and oxygen atoms in total.